The first-order chi connectivity index (χ1) is 12.5. The van der Waals surface area contributed by atoms with E-state index in [0.717, 1.165) is 5.41 Å². The lowest BCUT2D eigenvalue weighted by atomic mass is 10.2. The Balaban J connectivity index is 1.65. The Hall–Kier alpha value is -3.19. The van der Waals surface area contributed by atoms with E-state index >= 15 is 0 Å². The Morgan fingerprint density at radius 3 is 2.23 bits per heavy atom. The van der Waals surface area contributed by atoms with Gasteiger partial charge < -0.3 is 8.92 Å². The maximum atomic E-state index is 12.8. The summed E-state index contributed by atoms with van der Waals surface area (Å²) in [5, 5.41) is 0.917. The molecule has 0 saturated heterocycles. The van der Waals surface area contributed by atoms with Crippen LogP contribution in [0.3, 0.4) is 0 Å². The van der Waals surface area contributed by atoms with E-state index in [1.54, 1.807) is 36.7 Å². The Morgan fingerprint density at radius 1 is 0.885 bits per heavy atom. The Kier molecular flexibility index (Phi) is 5.28. The minimum atomic E-state index is -3.94. The molecule has 0 N–H and O–H groups in total. The molecule has 132 valence electrons. The second kappa shape index (κ2) is 7.79. The van der Waals surface area contributed by atoms with Gasteiger partial charge in [-0.1, -0.05) is 12.1 Å². The van der Waals surface area contributed by atoms with Crippen LogP contribution in [0.4, 0.5) is 4.39 Å². The molecule has 0 atom stereocenters. The third kappa shape index (κ3) is 5.15. The number of halogens is 1. The standard InChI is InChI=1S/C19H14FNO4S/c20-16-5-3-15(4-6-16)11-13-26(22,23)25-18-9-7-17(8-10-18)24-19-2-1-12-21-14-19/h1-14H/b13-11+. The molecule has 0 bridgehead atoms. The smallest absolute Gasteiger partial charge is 0.332 e. The SMILES string of the molecule is O=S(=O)(/C=C/c1ccc(F)cc1)Oc1ccc(Oc2cccnc2)cc1. The lowest BCUT2D eigenvalue weighted by Crippen LogP contribution is -2.04. The molecule has 3 rings (SSSR count). The number of benzene rings is 2. The van der Waals surface area contributed by atoms with Gasteiger partial charge in [-0.25, -0.2) is 4.39 Å². The van der Waals surface area contributed by atoms with Crippen molar-refractivity contribution in [2.24, 2.45) is 0 Å². The quantitative estimate of drug-likeness (QED) is 0.601. The fourth-order valence-electron chi connectivity index (χ4n) is 2.00. The number of hydrogen-bond acceptors (Lipinski definition) is 5. The van der Waals surface area contributed by atoms with Crippen molar-refractivity contribution < 1.29 is 21.7 Å². The van der Waals surface area contributed by atoms with Crippen LogP contribution in [0.2, 0.25) is 0 Å². The van der Waals surface area contributed by atoms with Crippen molar-refractivity contribution in [2.75, 3.05) is 0 Å². The van der Waals surface area contributed by atoms with Gasteiger partial charge >= 0.3 is 10.1 Å². The van der Waals surface area contributed by atoms with Crippen LogP contribution < -0.4 is 8.92 Å². The molecular formula is C19H14FNO4S. The molecule has 0 saturated carbocycles. The molecule has 26 heavy (non-hydrogen) atoms. The van der Waals surface area contributed by atoms with Crippen LogP contribution in [-0.4, -0.2) is 13.4 Å². The third-order valence-corrected chi connectivity index (χ3v) is 4.10. The maximum Gasteiger partial charge on any atom is 0.332 e. The van der Waals surface area contributed by atoms with Gasteiger partial charge in [0.25, 0.3) is 0 Å². The van der Waals surface area contributed by atoms with Gasteiger partial charge in [0.2, 0.25) is 0 Å². The fraction of sp³-hybridized carbons (Fsp3) is 0. The number of rotatable bonds is 6. The normalized spacial score (nSPS) is 11.4. The van der Waals surface area contributed by atoms with Gasteiger partial charge in [0.15, 0.2) is 0 Å². The molecule has 7 heteroatoms. The highest BCUT2D eigenvalue weighted by atomic mass is 32.2. The molecule has 2 aromatic carbocycles. The zero-order valence-corrected chi connectivity index (χ0v) is 14.3. The van der Waals surface area contributed by atoms with Crippen LogP contribution in [0.25, 0.3) is 6.08 Å². The monoisotopic (exact) mass is 371 g/mol. The van der Waals surface area contributed by atoms with Gasteiger partial charge in [-0.2, -0.15) is 8.42 Å². The van der Waals surface area contributed by atoms with Crippen molar-refractivity contribution in [3.05, 3.63) is 89.8 Å². The van der Waals surface area contributed by atoms with E-state index in [4.69, 9.17) is 8.92 Å². The summed E-state index contributed by atoms with van der Waals surface area (Å²) >= 11 is 0. The van der Waals surface area contributed by atoms with Crippen molar-refractivity contribution in [1.29, 1.82) is 0 Å². The van der Waals surface area contributed by atoms with Gasteiger partial charge in [0, 0.05) is 6.20 Å². The summed E-state index contributed by atoms with van der Waals surface area (Å²) in [7, 11) is -3.94. The fourth-order valence-corrected chi connectivity index (χ4v) is 2.76. The van der Waals surface area contributed by atoms with Crippen LogP contribution in [0.15, 0.2) is 78.5 Å². The molecule has 0 aliphatic carbocycles. The van der Waals surface area contributed by atoms with Gasteiger partial charge in [-0.15, -0.1) is 0 Å². The van der Waals surface area contributed by atoms with Gasteiger partial charge in [-0.3, -0.25) is 4.98 Å². The van der Waals surface area contributed by atoms with E-state index in [9.17, 15) is 12.8 Å². The van der Waals surface area contributed by atoms with Crippen molar-refractivity contribution in [1.82, 2.24) is 4.98 Å². The van der Waals surface area contributed by atoms with Crippen molar-refractivity contribution in [2.45, 2.75) is 0 Å². The third-order valence-electron chi connectivity index (χ3n) is 3.20. The number of pyridine rings is 1. The first-order valence-electron chi connectivity index (χ1n) is 7.56. The molecule has 3 aromatic rings. The average Bonchev–Trinajstić information content (AvgIpc) is 2.64. The van der Waals surface area contributed by atoms with Gasteiger partial charge in [-0.05, 0) is 60.2 Å². The minimum absolute atomic E-state index is 0.146. The molecule has 0 aliphatic rings. The summed E-state index contributed by atoms with van der Waals surface area (Å²) in [6.45, 7) is 0. The zero-order chi connectivity index (χ0) is 18.4. The molecule has 1 aromatic heterocycles. The maximum absolute atomic E-state index is 12.8. The first-order valence-corrected chi connectivity index (χ1v) is 9.03. The van der Waals surface area contributed by atoms with Crippen LogP contribution in [0.1, 0.15) is 5.56 Å². The summed E-state index contributed by atoms with van der Waals surface area (Å²) in [6, 6.07) is 15.0. The van der Waals surface area contributed by atoms with Crippen molar-refractivity contribution >= 4 is 16.2 Å². The van der Waals surface area contributed by atoms with Gasteiger partial charge in [0.1, 0.15) is 23.1 Å². The lowest BCUT2D eigenvalue weighted by Gasteiger charge is -2.07. The van der Waals surface area contributed by atoms with E-state index in [1.807, 2.05) is 0 Å². The second-order valence-corrected chi connectivity index (χ2v) is 6.62. The number of ether oxygens (including phenoxy) is 1. The highest BCUT2D eigenvalue weighted by molar-refractivity contribution is 7.90. The molecule has 0 radical (unpaired) electrons. The largest absolute Gasteiger partial charge is 0.456 e. The Morgan fingerprint density at radius 2 is 1.58 bits per heavy atom. The molecule has 1 heterocycles. The van der Waals surface area contributed by atoms with E-state index < -0.39 is 15.9 Å². The Bertz CT molecular complexity index is 986. The first kappa shape index (κ1) is 17.6. The van der Waals surface area contributed by atoms with E-state index in [1.165, 1.54) is 42.5 Å². The highest BCUT2D eigenvalue weighted by Crippen LogP contribution is 2.24. The highest BCUT2D eigenvalue weighted by Gasteiger charge is 2.08. The van der Waals surface area contributed by atoms with Crippen molar-refractivity contribution in [3.63, 3.8) is 0 Å². The van der Waals surface area contributed by atoms with Crippen molar-refractivity contribution in [3.8, 4) is 17.2 Å². The summed E-state index contributed by atoms with van der Waals surface area (Å²) in [5.74, 6) is 0.836. The zero-order valence-electron chi connectivity index (χ0n) is 13.4. The minimum Gasteiger partial charge on any atom is -0.456 e. The van der Waals surface area contributed by atoms with Gasteiger partial charge in [0.05, 0.1) is 11.6 Å². The molecule has 0 amide bonds. The molecule has 0 fully saturated rings. The van der Waals surface area contributed by atoms with E-state index in [2.05, 4.69) is 4.98 Å². The summed E-state index contributed by atoms with van der Waals surface area (Å²) in [5.41, 5.74) is 0.541. The summed E-state index contributed by atoms with van der Waals surface area (Å²) in [6.07, 6.45) is 4.53. The number of hydrogen-bond donors (Lipinski definition) is 0. The predicted octanol–water partition coefficient (Wildman–Crippen LogP) is 4.39. The second-order valence-electron chi connectivity index (χ2n) is 5.19. The molecule has 0 spiro atoms. The molecule has 0 aliphatic heterocycles. The van der Waals surface area contributed by atoms with Crippen LogP contribution in [0.5, 0.6) is 17.2 Å². The Labute approximate surface area is 150 Å². The molecule has 5 nitrogen and oxygen atoms in total. The molecular weight excluding hydrogens is 357 g/mol. The topological polar surface area (TPSA) is 65.5 Å². The van der Waals surface area contributed by atoms with Crippen LogP contribution >= 0.6 is 0 Å². The molecule has 0 unspecified atom stereocenters. The average molecular weight is 371 g/mol. The van der Waals surface area contributed by atoms with Crippen LogP contribution in [-0.2, 0) is 10.1 Å². The van der Waals surface area contributed by atoms with E-state index in [-0.39, 0.29) is 5.75 Å². The summed E-state index contributed by atoms with van der Waals surface area (Å²) in [4.78, 5) is 3.94. The van der Waals surface area contributed by atoms with Crippen LogP contribution in [0, 0.1) is 5.82 Å². The number of aromatic nitrogens is 1. The van der Waals surface area contributed by atoms with E-state index in [0.29, 0.717) is 17.1 Å². The lowest BCUT2D eigenvalue weighted by molar-refractivity contribution is 0.475. The summed E-state index contributed by atoms with van der Waals surface area (Å²) < 4.78 is 47.4. The predicted molar refractivity (Wildman–Crippen MR) is 95.7 cm³/mol. The number of nitrogens with zero attached hydrogens (tertiary/aromatic N) is 1.